The summed E-state index contributed by atoms with van der Waals surface area (Å²) in [5.74, 6) is -0.169. The second-order valence-corrected chi connectivity index (χ2v) is 5.17. The lowest BCUT2D eigenvalue weighted by atomic mass is 10.1. The van der Waals surface area contributed by atoms with Crippen LogP contribution in [0, 0.1) is 0 Å². The molecule has 3 nitrogen and oxygen atoms in total. The van der Waals surface area contributed by atoms with Gasteiger partial charge in [0.2, 0.25) is 0 Å². The van der Waals surface area contributed by atoms with Crippen molar-refractivity contribution in [3.8, 4) is 0 Å². The van der Waals surface area contributed by atoms with E-state index < -0.39 is 6.04 Å². The van der Waals surface area contributed by atoms with Crippen molar-refractivity contribution in [2.24, 2.45) is 0 Å². The molecule has 0 saturated heterocycles. The van der Waals surface area contributed by atoms with Gasteiger partial charge >= 0.3 is 0 Å². The van der Waals surface area contributed by atoms with Gasteiger partial charge in [-0.2, -0.15) is 0 Å². The summed E-state index contributed by atoms with van der Waals surface area (Å²) in [6, 6.07) is 16.5. The van der Waals surface area contributed by atoms with E-state index in [1.165, 1.54) is 11.8 Å². The van der Waals surface area contributed by atoms with Gasteiger partial charge in [0.05, 0.1) is 18.2 Å². The van der Waals surface area contributed by atoms with Crippen LogP contribution in [0.15, 0.2) is 59.5 Å². The normalized spacial score (nSPS) is 11.9. The Balaban J connectivity index is 2.18. The summed E-state index contributed by atoms with van der Waals surface area (Å²) in [6.45, 7) is -0.128. The maximum Gasteiger partial charge on any atom is 0.252 e. The molecule has 2 N–H and O–H groups in total. The molecule has 0 bridgehead atoms. The molecule has 0 fully saturated rings. The van der Waals surface area contributed by atoms with Crippen LogP contribution >= 0.6 is 11.8 Å². The standard InChI is InChI=1S/C16H17NO2S/c1-20-15-10-6-5-9-13(15)16(19)17-14(11-18)12-7-3-2-4-8-12/h2-10,14,18H,11H2,1H3,(H,17,19). The highest BCUT2D eigenvalue weighted by atomic mass is 32.2. The molecule has 2 aromatic carbocycles. The molecule has 1 amide bonds. The third-order valence-electron chi connectivity index (χ3n) is 3.04. The van der Waals surface area contributed by atoms with Crippen LogP contribution in [0.4, 0.5) is 0 Å². The summed E-state index contributed by atoms with van der Waals surface area (Å²) in [5.41, 5.74) is 1.53. The zero-order chi connectivity index (χ0) is 14.4. The van der Waals surface area contributed by atoms with Crippen LogP contribution in [-0.4, -0.2) is 23.9 Å². The molecule has 104 valence electrons. The summed E-state index contributed by atoms with van der Waals surface area (Å²) in [7, 11) is 0. The molecule has 0 heterocycles. The lowest BCUT2D eigenvalue weighted by Crippen LogP contribution is -2.31. The molecule has 0 aliphatic heterocycles. The molecule has 0 aliphatic carbocycles. The fourth-order valence-corrected chi connectivity index (χ4v) is 2.58. The second kappa shape index (κ2) is 7.12. The van der Waals surface area contributed by atoms with Crippen LogP contribution < -0.4 is 5.32 Å². The highest BCUT2D eigenvalue weighted by Crippen LogP contribution is 2.21. The number of amides is 1. The Hall–Kier alpha value is -1.78. The zero-order valence-electron chi connectivity index (χ0n) is 11.2. The molecule has 0 saturated carbocycles. The van der Waals surface area contributed by atoms with Gasteiger partial charge in [-0.15, -0.1) is 11.8 Å². The zero-order valence-corrected chi connectivity index (χ0v) is 12.1. The smallest absolute Gasteiger partial charge is 0.252 e. The topological polar surface area (TPSA) is 49.3 Å². The van der Waals surface area contributed by atoms with E-state index in [1.807, 2.05) is 54.8 Å². The maximum atomic E-state index is 12.3. The van der Waals surface area contributed by atoms with Crippen molar-refractivity contribution in [1.82, 2.24) is 5.32 Å². The van der Waals surface area contributed by atoms with Crippen molar-refractivity contribution in [3.63, 3.8) is 0 Å². The minimum Gasteiger partial charge on any atom is -0.394 e. The number of benzene rings is 2. The van der Waals surface area contributed by atoms with Gasteiger partial charge in [0.25, 0.3) is 5.91 Å². The minimum absolute atomic E-state index is 0.128. The van der Waals surface area contributed by atoms with Gasteiger partial charge in [0.1, 0.15) is 0 Å². The van der Waals surface area contributed by atoms with Gasteiger partial charge in [-0.1, -0.05) is 42.5 Å². The SMILES string of the molecule is CSc1ccccc1C(=O)NC(CO)c1ccccc1. The minimum atomic E-state index is -0.390. The Morgan fingerprint density at radius 2 is 1.80 bits per heavy atom. The summed E-state index contributed by atoms with van der Waals surface area (Å²) >= 11 is 1.53. The quantitative estimate of drug-likeness (QED) is 0.831. The molecule has 0 aliphatic rings. The van der Waals surface area contributed by atoms with Crippen LogP contribution in [0.3, 0.4) is 0 Å². The molecule has 0 spiro atoms. The molecule has 20 heavy (non-hydrogen) atoms. The van der Waals surface area contributed by atoms with Crippen LogP contribution in [0.1, 0.15) is 22.0 Å². The number of carbonyl (C=O) groups is 1. The van der Waals surface area contributed by atoms with E-state index in [9.17, 15) is 9.90 Å². The first kappa shape index (κ1) is 14.6. The van der Waals surface area contributed by atoms with Gasteiger partial charge < -0.3 is 10.4 Å². The molecule has 1 atom stereocenters. The second-order valence-electron chi connectivity index (χ2n) is 4.32. The van der Waals surface area contributed by atoms with Gasteiger partial charge in [-0.25, -0.2) is 0 Å². The fourth-order valence-electron chi connectivity index (χ4n) is 1.99. The highest BCUT2D eigenvalue weighted by Gasteiger charge is 2.16. The van der Waals surface area contributed by atoms with Crippen LogP contribution in [0.2, 0.25) is 0 Å². The van der Waals surface area contributed by atoms with Crippen molar-refractivity contribution < 1.29 is 9.90 Å². The van der Waals surface area contributed by atoms with Gasteiger partial charge in [0, 0.05) is 4.90 Å². The third kappa shape index (κ3) is 3.40. The number of carbonyl (C=O) groups excluding carboxylic acids is 1. The number of hydrogen-bond acceptors (Lipinski definition) is 3. The lowest BCUT2D eigenvalue weighted by molar-refractivity contribution is 0.0913. The first-order valence-electron chi connectivity index (χ1n) is 6.36. The summed E-state index contributed by atoms with van der Waals surface area (Å²) in [4.78, 5) is 13.3. The molecule has 1 unspecified atom stereocenters. The Morgan fingerprint density at radius 3 is 2.45 bits per heavy atom. The number of aliphatic hydroxyl groups is 1. The average Bonchev–Trinajstić information content (AvgIpc) is 2.53. The summed E-state index contributed by atoms with van der Waals surface area (Å²) < 4.78 is 0. The molecular weight excluding hydrogens is 270 g/mol. The van der Waals surface area contributed by atoms with E-state index in [0.29, 0.717) is 5.56 Å². The van der Waals surface area contributed by atoms with E-state index in [4.69, 9.17) is 0 Å². The number of thioether (sulfide) groups is 1. The maximum absolute atomic E-state index is 12.3. The molecular formula is C16H17NO2S. The van der Waals surface area contributed by atoms with E-state index in [-0.39, 0.29) is 12.5 Å². The molecule has 4 heteroatoms. The predicted octanol–water partition coefficient (Wildman–Crippen LogP) is 2.87. The van der Waals surface area contributed by atoms with Crippen molar-refractivity contribution in [1.29, 1.82) is 0 Å². The monoisotopic (exact) mass is 287 g/mol. The summed E-state index contributed by atoms with van der Waals surface area (Å²) in [6.07, 6.45) is 1.94. The molecule has 2 aromatic rings. The highest BCUT2D eigenvalue weighted by molar-refractivity contribution is 7.98. The number of rotatable bonds is 5. The summed E-state index contributed by atoms with van der Waals surface area (Å²) in [5, 5.41) is 12.4. The van der Waals surface area contributed by atoms with Gasteiger partial charge in [-0.05, 0) is 24.0 Å². The lowest BCUT2D eigenvalue weighted by Gasteiger charge is -2.17. The number of hydrogen-bond donors (Lipinski definition) is 2. The van der Waals surface area contributed by atoms with E-state index in [0.717, 1.165) is 10.5 Å². The van der Waals surface area contributed by atoms with Crippen molar-refractivity contribution in [3.05, 3.63) is 65.7 Å². The fraction of sp³-hybridized carbons (Fsp3) is 0.188. The van der Waals surface area contributed by atoms with E-state index in [2.05, 4.69) is 5.32 Å². The van der Waals surface area contributed by atoms with E-state index in [1.54, 1.807) is 6.07 Å². The van der Waals surface area contributed by atoms with Crippen LogP contribution in [-0.2, 0) is 0 Å². The molecule has 0 aromatic heterocycles. The Kier molecular flexibility index (Phi) is 5.21. The van der Waals surface area contributed by atoms with E-state index >= 15 is 0 Å². The first-order chi connectivity index (χ1) is 9.76. The molecule has 0 radical (unpaired) electrons. The molecule has 2 rings (SSSR count). The largest absolute Gasteiger partial charge is 0.394 e. The van der Waals surface area contributed by atoms with Crippen molar-refractivity contribution in [2.45, 2.75) is 10.9 Å². The Labute approximate surface area is 123 Å². The van der Waals surface area contributed by atoms with Crippen LogP contribution in [0.5, 0.6) is 0 Å². The van der Waals surface area contributed by atoms with Crippen LogP contribution in [0.25, 0.3) is 0 Å². The van der Waals surface area contributed by atoms with Crippen molar-refractivity contribution in [2.75, 3.05) is 12.9 Å². The van der Waals surface area contributed by atoms with Crippen molar-refractivity contribution >= 4 is 17.7 Å². The number of aliphatic hydroxyl groups excluding tert-OH is 1. The van der Waals surface area contributed by atoms with Gasteiger partial charge in [-0.3, -0.25) is 4.79 Å². The Bertz CT molecular complexity index is 572. The average molecular weight is 287 g/mol. The first-order valence-corrected chi connectivity index (χ1v) is 7.58. The number of nitrogens with one attached hydrogen (secondary N) is 1. The Morgan fingerprint density at radius 1 is 1.15 bits per heavy atom. The third-order valence-corrected chi connectivity index (χ3v) is 3.84. The van der Waals surface area contributed by atoms with Gasteiger partial charge in [0.15, 0.2) is 0 Å². The predicted molar refractivity (Wildman–Crippen MR) is 82.0 cm³/mol.